The summed E-state index contributed by atoms with van der Waals surface area (Å²) in [6.07, 6.45) is 3.94. The lowest BCUT2D eigenvalue weighted by molar-refractivity contribution is 0.0695. The summed E-state index contributed by atoms with van der Waals surface area (Å²) in [7, 11) is 1.69. The van der Waals surface area contributed by atoms with Gasteiger partial charge in [-0.15, -0.1) is 0 Å². The second-order valence-electron chi connectivity index (χ2n) is 3.77. The van der Waals surface area contributed by atoms with Crippen LogP contribution >= 0.6 is 0 Å². The minimum absolute atomic E-state index is 0.425. The van der Waals surface area contributed by atoms with E-state index in [-0.39, 0.29) is 0 Å². The SMILES string of the molecule is COCCCCCc1ccccc1C(=O)O. The van der Waals surface area contributed by atoms with Crippen LogP contribution in [0.25, 0.3) is 0 Å². The van der Waals surface area contributed by atoms with Gasteiger partial charge in [0.15, 0.2) is 0 Å². The van der Waals surface area contributed by atoms with Gasteiger partial charge in [0, 0.05) is 13.7 Å². The number of benzene rings is 1. The quantitative estimate of drug-likeness (QED) is 0.721. The molecule has 0 atom stereocenters. The van der Waals surface area contributed by atoms with Crippen LogP contribution in [0.5, 0.6) is 0 Å². The molecule has 0 radical (unpaired) electrons. The van der Waals surface area contributed by atoms with Crippen LogP contribution in [-0.4, -0.2) is 24.8 Å². The molecule has 0 aliphatic carbocycles. The van der Waals surface area contributed by atoms with Gasteiger partial charge in [0.1, 0.15) is 0 Å². The summed E-state index contributed by atoms with van der Waals surface area (Å²) in [5.41, 5.74) is 1.35. The second-order valence-corrected chi connectivity index (χ2v) is 3.77. The second kappa shape index (κ2) is 7.01. The molecule has 0 heterocycles. The van der Waals surface area contributed by atoms with Crippen molar-refractivity contribution in [3.8, 4) is 0 Å². The topological polar surface area (TPSA) is 46.5 Å². The van der Waals surface area contributed by atoms with Crippen molar-refractivity contribution in [1.82, 2.24) is 0 Å². The first-order valence-electron chi connectivity index (χ1n) is 5.56. The van der Waals surface area contributed by atoms with Gasteiger partial charge in [0.25, 0.3) is 0 Å². The van der Waals surface area contributed by atoms with Crippen LogP contribution in [0.4, 0.5) is 0 Å². The van der Waals surface area contributed by atoms with Crippen LogP contribution < -0.4 is 0 Å². The summed E-state index contributed by atoms with van der Waals surface area (Å²) in [5.74, 6) is -0.840. The molecule has 0 fully saturated rings. The van der Waals surface area contributed by atoms with Crippen molar-refractivity contribution in [3.63, 3.8) is 0 Å². The van der Waals surface area contributed by atoms with Gasteiger partial charge in [-0.05, 0) is 30.9 Å². The Kier molecular flexibility index (Phi) is 5.57. The normalized spacial score (nSPS) is 10.3. The van der Waals surface area contributed by atoms with Crippen molar-refractivity contribution < 1.29 is 14.6 Å². The Hall–Kier alpha value is -1.35. The lowest BCUT2D eigenvalue weighted by Gasteiger charge is -2.05. The molecule has 3 heteroatoms. The fourth-order valence-corrected chi connectivity index (χ4v) is 1.69. The number of aryl methyl sites for hydroxylation is 1. The average Bonchev–Trinajstić information content (AvgIpc) is 2.29. The number of carbonyl (C=O) groups is 1. The van der Waals surface area contributed by atoms with Crippen molar-refractivity contribution >= 4 is 5.97 Å². The minimum Gasteiger partial charge on any atom is -0.478 e. The van der Waals surface area contributed by atoms with Gasteiger partial charge in [0.2, 0.25) is 0 Å². The van der Waals surface area contributed by atoms with Gasteiger partial charge < -0.3 is 9.84 Å². The molecular formula is C13H18O3. The zero-order valence-corrected chi connectivity index (χ0v) is 9.61. The first-order valence-corrected chi connectivity index (χ1v) is 5.56. The van der Waals surface area contributed by atoms with E-state index < -0.39 is 5.97 Å². The molecule has 0 spiro atoms. The van der Waals surface area contributed by atoms with Gasteiger partial charge in [-0.2, -0.15) is 0 Å². The molecule has 0 aliphatic rings. The molecule has 0 bridgehead atoms. The van der Waals surface area contributed by atoms with E-state index >= 15 is 0 Å². The van der Waals surface area contributed by atoms with Crippen molar-refractivity contribution in [2.24, 2.45) is 0 Å². The predicted octanol–water partition coefficient (Wildman–Crippen LogP) is 2.74. The molecule has 1 N–H and O–H groups in total. The third-order valence-corrected chi connectivity index (χ3v) is 2.54. The van der Waals surface area contributed by atoms with Gasteiger partial charge in [-0.1, -0.05) is 24.6 Å². The molecule has 1 aromatic rings. The number of rotatable bonds is 7. The summed E-state index contributed by atoms with van der Waals surface area (Å²) >= 11 is 0. The maximum Gasteiger partial charge on any atom is 0.335 e. The number of methoxy groups -OCH3 is 1. The molecule has 0 amide bonds. The Morgan fingerprint density at radius 1 is 1.25 bits per heavy atom. The number of unbranched alkanes of at least 4 members (excludes halogenated alkanes) is 2. The highest BCUT2D eigenvalue weighted by molar-refractivity contribution is 5.89. The largest absolute Gasteiger partial charge is 0.478 e. The fourth-order valence-electron chi connectivity index (χ4n) is 1.69. The monoisotopic (exact) mass is 222 g/mol. The molecule has 0 unspecified atom stereocenters. The molecule has 0 aliphatic heterocycles. The number of carboxylic acids is 1. The fraction of sp³-hybridized carbons (Fsp3) is 0.462. The van der Waals surface area contributed by atoms with E-state index in [1.807, 2.05) is 12.1 Å². The highest BCUT2D eigenvalue weighted by atomic mass is 16.5. The van der Waals surface area contributed by atoms with Crippen molar-refractivity contribution in [2.45, 2.75) is 25.7 Å². The number of carboxylic acid groups (broad SMARTS) is 1. The van der Waals surface area contributed by atoms with Gasteiger partial charge in [0.05, 0.1) is 5.56 Å². The van der Waals surface area contributed by atoms with Crippen LogP contribution in [0.15, 0.2) is 24.3 Å². The Labute approximate surface area is 96.1 Å². The molecular weight excluding hydrogens is 204 g/mol. The highest BCUT2D eigenvalue weighted by Crippen LogP contribution is 2.12. The summed E-state index contributed by atoms with van der Waals surface area (Å²) in [6.45, 7) is 0.778. The smallest absolute Gasteiger partial charge is 0.335 e. The van der Waals surface area contributed by atoms with Gasteiger partial charge >= 0.3 is 5.97 Å². The molecule has 1 aromatic carbocycles. The van der Waals surface area contributed by atoms with E-state index in [9.17, 15) is 4.79 Å². The van der Waals surface area contributed by atoms with Crippen molar-refractivity contribution in [2.75, 3.05) is 13.7 Å². The Morgan fingerprint density at radius 3 is 2.69 bits per heavy atom. The molecule has 0 saturated heterocycles. The Balaban J connectivity index is 2.44. The van der Waals surface area contributed by atoms with Crippen LogP contribution in [-0.2, 0) is 11.2 Å². The Morgan fingerprint density at radius 2 is 2.00 bits per heavy atom. The maximum absolute atomic E-state index is 10.9. The average molecular weight is 222 g/mol. The molecule has 0 aromatic heterocycles. The van der Waals surface area contributed by atoms with Gasteiger partial charge in [-0.25, -0.2) is 4.79 Å². The summed E-state index contributed by atoms with van der Waals surface area (Å²) in [5, 5.41) is 8.99. The third kappa shape index (κ3) is 4.03. The Bertz CT molecular complexity index is 334. The molecule has 1 rings (SSSR count). The van der Waals surface area contributed by atoms with Crippen LogP contribution in [0.2, 0.25) is 0 Å². The zero-order chi connectivity index (χ0) is 11.8. The van der Waals surface area contributed by atoms with Gasteiger partial charge in [-0.3, -0.25) is 0 Å². The number of aromatic carboxylic acids is 1. The van der Waals surface area contributed by atoms with Crippen LogP contribution in [0.3, 0.4) is 0 Å². The van der Waals surface area contributed by atoms with Crippen LogP contribution in [0.1, 0.15) is 35.2 Å². The van der Waals surface area contributed by atoms with E-state index in [4.69, 9.17) is 9.84 Å². The van der Waals surface area contributed by atoms with Crippen LogP contribution in [0, 0.1) is 0 Å². The van der Waals surface area contributed by atoms with Crippen molar-refractivity contribution in [1.29, 1.82) is 0 Å². The standard InChI is InChI=1S/C13H18O3/c1-16-10-6-2-3-7-11-8-4-5-9-12(11)13(14)15/h4-5,8-9H,2-3,6-7,10H2,1H3,(H,14,15). The maximum atomic E-state index is 10.9. The molecule has 88 valence electrons. The summed E-state index contributed by atoms with van der Waals surface area (Å²) in [4.78, 5) is 10.9. The van der Waals surface area contributed by atoms with E-state index in [1.165, 1.54) is 0 Å². The van der Waals surface area contributed by atoms with E-state index in [2.05, 4.69) is 0 Å². The lowest BCUT2D eigenvalue weighted by Crippen LogP contribution is -2.02. The highest BCUT2D eigenvalue weighted by Gasteiger charge is 2.07. The van der Waals surface area contributed by atoms with E-state index in [0.717, 1.165) is 37.9 Å². The molecule has 16 heavy (non-hydrogen) atoms. The predicted molar refractivity (Wildman–Crippen MR) is 62.8 cm³/mol. The minimum atomic E-state index is -0.840. The molecule has 3 nitrogen and oxygen atoms in total. The van der Waals surface area contributed by atoms with Crippen molar-refractivity contribution in [3.05, 3.63) is 35.4 Å². The van der Waals surface area contributed by atoms with E-state index in [0.29, 0.717) is 5.56 Å². The third-order valence-electron chi connectivity index (χ3n) is 2.54. The summed E-state index contributed by atoms with van der Waals surface area (Å²) < 4.78 is 4.96. The zero-order valence-electron chi connectivity index (χ0n) is 9.61. The first kappa shape index (κ1) is 12.7. The number of hydrogen-bond acceptors (Lipinski definition) is 2. The summed E-state index contributed by atoms with van der Waals surface area (Å²) in [6, 6.07) is 7.20. The van der Waals surface area contributed by atoms with E-state index in [1.54, 1.807) is 19.2 Å². The number of hydrogen-bond donors (Lipinski definition) is 1. The lowest BCUT2D eigenvalue weighted by atomic mass is 10.0. The molecule has 0 saturated carbocycles. The number of ether oxygens (including phenoxy) is 1. The first-order chi connectivity index (χ1) is 7.75.